The number of benzene rings is 2. The summed E-state index contributed by atoms with van der Waals surface area (Å²) >= 11 is 0. The van der Waals surface area contributed by atoms with E-state index < -0.39 is 0 Å². The van der Waals surface area contributed by atoms with Gasteiger partial charge in [-0.15, -0.1) is 5.10 Å². The number of fused-ring (bicyclic) bond motifs is 1. The number of pyridine rings is 1. The molecular formula is C25H29FN6O2. The van der Waals surface area contributed by atoms with Crippen LogP contribution in [0.1, 0.15) is 42.4 Å². The SMILES string of the molecule is Cc1ccc2[nH]c(=O)c(CN(CCO)C(c3nnnn3Cc3ccc(F)cc3)C(C)C)cc2c1. The first kappa shape index (κ1) is 23.7. The number of nitrogens with zero attached hydrogens (tertiary/aromatic N) is 5. The first-order valence-electron chi connectivity index (χ1n) is 11.3. The van der Waals surface area contributed by atoms with Gasteiger partial charge in [0.1, 0.15) is 5.82 Å². The Morgan fingerprint density at radius 1 is 1.15 bits per heavy atom. The molecule has 0 amide bonds. The van der Waals surface area contributed by atoms with Crippen LogP contribution in [0.15, 0.2) is 53.3 Å². The molecule has 0 saturated carbocycles. The molecule has 9 heteroatoms. The molecular weight excluding hydrogens is 435 g/mol. The fourth-order valence-corrected chi connectivity index (χ4v) is 4.33. The van der Waals surface area contributed by atoms with Crippen LogP contribution in [0.5, 0.6) is 0 Å². The van der Waals surface area contributed by atoms with Gasteiger partial charge in [0.2, 0.25) is 0 Å². The molecule has 1 atom stereocenters. The topological polar surface area (TPSA) is 99.9 Å². The van der Waals surface area contributed by atoms with Gasteiger partial charge in [-0.1, -0.05) is 37.6 Å². The summed E-state index contributed by atoms with van der Waals surface area (Å²) < 4.78 is 15.0. The fourth-order valence-electron chi connectivity index (χ4n) is 4.33. The van der Waals surface area contributed by atoms with E-state index in [1.807, 2.05) is 36.1 Å². The lowest BCUT2D eigenvalue weighted by molar-refractivity contribution is 0.106. The third kappa shape index (κ3) is 5.21. The van der Waals surface area contributed by atoms with Gasteiger partial charge in [-0.05, 0) is 64.5 Å². The van der Waals surface area contributed by atoms with E-state index in [-0.39, 0.29) is 29.9 Å². The third-order valence-electron chi connectivity index (χ3n) is 5.93. The second kappa shape index (κ2) is 10.2. The van der Waals surface area contributed by atoms with Crippen molar-refractivity contribution >= 4 is 10.9 Å². The Balaban J connectivity index is 1.68. The van der Waals surface area contributed by atoms with Crippen LogP contribution in [0.25, 0.3) is 10.9 Å². The van der Waals surface area contributed by atoms with Crippen molar-refractivity contribution in [2.45, 2.75) is 39.9 Å². The minimum atomic E-state index is -0.300. The van der Waals surface area contributed by atoms with Gasteiger partial charge in [0.15, 0.2) is 5.82 Å². The Hall–Kier alpha value is -3.43. The van der Waals surface area contributed by atoms with E-state index in [2.05, 4.69) is 34.4 Å². The van der Waals surface area contributed by atoms with Crippen LogP contribution in [0, 0.1) is 18.7 Å². The Kier molecular flexibility index (Phi) is 7.14. The van der Waals surface area contributed by atoms with E-state index in [9.17, 15) is 14.3 Å². The molecule has 0 saturated heterocycles. The zero-order chi connectivity index (χ0) is 24.2. The zero-order valence-electron chi connectivity index (χ0n) is 19.6. The predicted octanol–water partition coefficient (Wildman–Crippen LogP) is 3.20. The monoisotopic (exact) mass is 464 g/mol. The van der Waals surface area contributed by atoms with Gasteiger partial charge in [-0.3, -0.25) is 9.69 Å². The molecule has 0 radical (unpaired) electrons. The molecule has 0 spiro atoms. The molecule has 2 N–H and O–H groups in total. The molecule has 1 unspecified atom stereocenters. The molecule has 2 heterocycles. The number of aryl methyl sites for hydroxylation is 1. The number of H-pyrrole nitrogens is 1. The predicted molar refractivity (Wildman–Crippen MR) is 128 cm³/mol. The quantitative estimate of drug-likeness (QED) is 0.395. The van der Waals surface area contributed by atoms with E-state index >= 15 is 0 Å². The van der Waals surface area contributed by atoms with Crippen molar-refractivity contribution < 1.29 is 9.50 Å². The van der Waals surface area contributed by atoms with Crippen LogP contribution in [-0.4, -0.2) is 48.3 Å². The number of halogens is 1. The van der Waals surface area contributed by atoms with Gasteiger partial charge < -0.3 is 10.1 Å². The van der Waals surface area contributed by atoms with Gasteiger partial charge in [-0.2, -0.15) is 0 Å². The minimum Gasteiger partial charge on any atom is -0.395 e. The maximum Gasteiger partial charge on any atom is 0.252 e. The zero-order valence-corrected chi connectivity index (χ0v) is 19.6. The highest BCUT2D eigenvalue weighted by atomic mass is 19.1. The molecule has 8 nitrogen and oxygen atoms in total. The largest absolute Gasteiger partial charge is 0.395 e. The van der Waals surface area contributed by atoms with E-state index in [1.54, 1.807) is 16.8 Å². The van der Waals surface area contributed by atoms with Gasteiger partial charge >= 0.3 is 0 Å². The molecule has 0 bridgehead atoms. The van der Waals surface area contributed by atoms with Crippen molar-refractivity contribution in [3.05, 3.63) is 87.2 Å². The Bertz CT molecular complexity index is 1320. The smallest absolute Gasteiger partial charge is 0.252 e. The van der Waals surface area contributed by atoms with Crippen molar-refractivity contribution in [3.63, 3.8) is 0 Å². The van der Waals surface area contributed by atoms with E-state index in [4.69, 9.17) is 0 Å². The highest BCUT2D eigenvalue weighted by molar-refractivity contribution is 5.79. The molecule has 178 valence electrons. The average Bonchev–Trinajstić information content (AvgIpc) is 3.23. The number of nitrogens with one attached hydrogen (secondary N) is 1. The van der Waals surface area contributed by atoms with Crippen molar-refractivity contribution in [1.82, 2.24) is 30.1 Å². The van der Waals surface area contributed by atoms with Crippen molar-refractivity contribution in [3.8, 4) is 0 Å². The van der Waals surface area contributed by atoms with Crippen LogP contribution in [0.4, 0.5) is 4.39 Å². The number of hydrogen-bond donors (Lipinski definition) is 2. The number of aliphatic hydroxyl groups is 1. The lowest BCUT2D eigenvalue weighted by atomic mass is 10.00. The summed E-state index contributed by atoms with van der Waals surface area (Å²) in [5.41, 5.74) is 3.21. The molecule has 0 aliphatic heterocycles. The maximum atomic E-state index is 13.3. The molecule has 34 heavy (non-hydrogen) atoms. The number of aromatic amines is 1. The van der Waals surface area contributed by atoms with Gasteiger partial charge in [0.05, 0.1) is 19.2 Å². The molecule has 0 fully saturated rings. The number of aliphatic hydroxyl groups excluding tert-OH is 1. The number of aromatic nitrogens is 5. The summed E-state index contributed by atoms with van der Waals surface area (Å²) in [5, 5.41) is 23.1. The standard InChI is InChI=1S/C25H29FN6O2/c1-16(2)23(24-28-29-30-32(24)14-18-5-7-21(26)8-6-18)31(10-11-33)15-20-13-19-12-17(3)4-9-22(19)27-25(20)34/h4-9,12-13,16,23,33H,10-11,14-15H2,1-3H3,(H,27,34). The Morgan fingerprint density at radius 3 is 2.62 bits per heavy atom. The lowest BCUT2D eigenvalue weighted by Crippen LogP contribution is -2.37. The van der Waals surface area contributed by atoms with Crippen LogP contribution in [0.3, 0.4) is 0 Å². The van der Waals surface area contributed by atoms with Crippen molar-refractivity contribution in [2.75, 3.05) is 13.2 Å². The first-order chi connectivity index (χ1) is 16.4. The Labute approximate surface area is 197 Å². The van der Waals surface area contributed by atoms with E-state index in [1.165, 1.54) is 12.1 Å². The molecule has 4 aromatic rings. The van der Waals surface area contributed by atoms with E-state index in [0.29, 0.717) is 31.0 Å². The van der Waals surface area contributed by atoms with Crippen molar-refractivity contribution in [1.29, 1.82) is 0 Å². The summed E-state index contributed by atoms with van der Waals surface area (Å²) in [6.45, 7) is 7.10. The van der Waals surface area contributed by atoms with Crippen LogP contribution < -0.4 is 5.56 Å². The summed E-state index contributed by atoms with van der Waals surface area (Å²) in [5.74, 6) is 0.415. The molecule has 2 aromatic carbocycles. The second-order valence-corrected chi connectivity index (χ2v) is 8.92. The van der Waals surface area contributed by atoms with Crippen LogP contribution >= 0.6 is 0 Å². The normalized spacial score (nSPS) is 12.7. The molecule has 4 rings (SSSR count). The minimum absolute atomic E-state index is 0.0760. The summed E-state index contributed by atoms with van der Waals surface area (Å²) in [6.07, 6.45) is 0. The first-order valence-corrected chi connectivity index (χ1v) is 11.3. The number of hydrogen-bond acceptors (Lipinski definition) is 6. The Morgan fingerprint density at radius 2 is 1.91 bits per heavy atom. The van der Waals surface area contributed by atoms with Crippen LogP contribution in [-0.2, 0) is 13.1 Å². The molecule has 0 aliphatic rings. The van der Waals surface area contributed by atoms with Crippen molar-refractivity contribution in [2.24, 2.45) is 5.92 Å². The summed E-state index contributed by atoms with van der Waals surface area (Å²) in [4.78, 5) is 17.8. The van der Waals surface area contributed by atoms with Crippen LogP contribution in [0.2, 0.25) is 0 Å². The van der Waals surface area contributed by atoms with E-state index in [0.717, 1.165) is 22.0 Å². The molecule has 0 aliphatic carbocycles. The summed E-state index contributed by atoms with van der Waals surface area (Å²) in [7, 11) is 0. The highest BCUT2D eigenvalue weighted by Gasteiger charge is 2.29. The third-order valence-corrected chi connectivity index (χ3v) is 5.93. The molecule has 2 aromatic heterocycles. The second-order valence-electron chi connectivity index (χ2n) is 8.92. The number of rotatable bonds is 9. The van der Waals surface area contributed by atoms with Gasteiger partial charge in [0.25, 0.3) is 5.56 Å². The van der Waals surface area contributed by atoms with Gasteiger partial charge in [-0.25, -0.2) is 9.07 Å². The number of tetrazole rings is 1. The van der Waals surface area contributed by atoms with Gasteiger partial charge in [0, 0.05) is 24.2 Å². The average molecular weight is 465 g/mol. The summed E-state index contributed by atoms with van der Waals surface area (Å²) in [6, 6.07) is 13.8. The lowest BCUT2D eigenvalue weighted by Gasteiger charge is -2.33. The maximum absolute atomic E-state index is 13.3. The highest BCUT2D eigenvalue weighted by Crippen LogP contribution is 2.28. The fraction of sp³-hybridized carbons (Fsp3) is 0.360.